The van der Waals surface area contributed by atoms with E-state index in [4.69, 9.17) is 0 Å². The Morgan fingerprint density at radius 3 is 2.40 bits per heavy atom. The van der Waals surface area contributed by atoms with Crippen molar-refractivity contribution in [1.29, 1.82) is 0 Å². The van der Waals surface area contributed by atoms with Crippen LogP contribution in [0.1, 0.15) is 44.1 Å². The molecule has 25 heavy (non-hydrogen) atoms. The van der Waals surface area contributed by atoms with E-state index in [1.807, 2.05) is 23.1 Å². The lowest BCUT2D eigenvalue weighted by molar-refractivity contribution is -0.133. The molecule has 1 saturated heterocycles. The van der Waals surface area contributed by atoms with Crippen LogP contribution in [0.25, 0.3) is 0 Å². The molecule has 4 nitrogen and oxygen atoms in total. The van der Waals surface area contributed by atoms with Gasteiger partial charge in [0.25, 0.3) is 0 Å². The Kier molecular flexibility index (Phi) is 6.44. The number of hydrogen-bond donors (Lipinski definition) is 0. The quantitative estimate of drug-likeness (QED) is 0.759. The molecular weight excluding hydrogens is 354 g/mol. The Balaban J connectivity index is 1.62. The molecule has 0 bridgehead atoms. The second kappa shape index (κ2) is 8.58. The molecule has 1 aliphatic heterocycles. The summed E-state index contributed by atoms with van der Waals surface area (Å²) in [7, 11) is -2.98. The second-order valence-electron chi connectivity index (χ2n) is 7.13. The topological polar surface area (TPSA) is 54.5 Å². The number of nitrogens with zero attached hydrogens (tertiary/aromatic N) is 1. The molecule has 1 atom stereocenters. The lowest BCUT2D eigenvalue weighted by atomic mass is 9.93. The van der Waals surface area contributed by atoms with Crippen LogP contribution in [-0.4, -0.2) is 48.6 Å². The Labute approximate surface area is 155 Å². The van der Waals surface area contributed by atoms with Crippen molar-refractivity contribution in [2.75, 3.05) is 17.3 Å². The van der Waals surface area contributed by atoms with E-state index in [0.717, 1.165) is 31.4 Å². The fourth-order valence-electron chi connectivity index (χ4n) is 3.96. The van der Waals surface area contributed by atoms with Gasteiger partial charge in [0.1, 0.15) is 0 Å². The Hall–Kier alpha value is -1.01. The summed E-state index contributed by atoms with van der Waals surface area (Å²) in [6.07, 6.45) is 6.16. The number of rotatable bonds is 6. The van der Waals surface area contributed by atoms with Gasteiger partial charge in [0.05, 0.1) is 17.3 Å². The minimum Gasteiger partial charge on any atom is -0.335 e. The number of sulfone groups is 1. The average molecular weight is 382 g/mol. The second-order valence-corrected chi connectivity index (χ2v) is 10.3. The molecule has 3 rings (SSSR count). The van der Waals surface area contributed by atoms with Crippen LogP contribution in [0.4, 0.5) is 0 Å². The summed E-state index contributed by atoms with van der Waals surface area (Å²) in [5, 5.41) is 0. The first kappa shape index (κ1) is 18.8. The molecule has 0 spiro atoms. The standard InChI is InChI=1S/C19H27NO3S2/c21-19(14-24-13-16-7-3-1-4-8-16)20(17-9-5-2-6-10-17)18-11-12-25(22,23)15-18/h1,3-4,7-8,17-18H,2,5-6,9-15H2. The molecule has 6 heteroatoms. The lowest BCUT2D eigenvalue weighted by Gasteiger charge is -2.38. The maximum absolute atomic E-state index is 12.9. The smallest absolute Gasteiger partial charge is 0.233 e. The molecule has 1 aromatic rings. The molecular formula is C19H27NO3S2. The van der Waals surface area contributed by atoms with Gasteiger partial charge in [-0.25, -0.2) is 8.42 Å². The fourth-order valence-corrected chi connectivity index (χ4v) is 6.53. The third-order valence-electron chi connectivity index (χ3n) is 5.19. The Bertz CT molecular complexity index is 669. The van der Waals surface area contributed by atoms with Crippen LogP contribution >= 0.6 is 11.8 Å². The number of carbonyl (C=O) groups excluding carboxylic acids is 1. The van der Waals surface area contributed by atoms with Crippen molar-refractivity contribution in [2.24, 2.45) is 0 Å². The molecule has 0 aromatic heterocycles. The highest BCUT2D eigenvalue weighted by molar-refractivity contribution is 7.99. The highest BCUT2D eigenvalue weighted by atomic mass is 32.2. The van der Waals surface area contributed by atoms with Crippen molar-refractivity contribution in [1.82, 2.24) is 4.90 Å². The summed E-state index contributed by atoms with van der Waals surface area (Å²) in [5.41, 5.74) is 1.22. The third-order valence-corrected chi connectivity index (χ3v) is 7.93. The van der Waals surface area contributed by atoms with Crippen molar-refractivity contribution >= 4 is 27.5 Å². The van der Waals surface area contributed by atoms with Crippen LogP contribution < -0.4 is 0 Å². The predicted molar refractivity (Wildman–Crippen MR) is 103 cm³/mol. The van der Waals surface area contributed by atoms with E-state index in [2.05, 4.69) is 12.1 Å². The number of thioether (sulfide) groups is 1. The van der Waals surface area contributed by atoms with Crippen LogP contribution in [0, 0.1) is 0 Å². The highest BCUT2D eigenvalue weighted by Crippen LogP contribution is 2.29. The molecule has 2 fully saturated rings. The van der Waals surface area contributed by atoms with Gasteiger partial charge in [-0.15, -0.1) is 11.8 Å². The molecule has 0 N–H and O–H groups in total. The van der Waals surface area contributed by atoms with Gasteiger partial charge in [-0.05, 0) is 24.8 Å². The first-order valence-corrected chi connectivity index (χ1v) is 12.2. The maximum Gasteiger partial charge on any atom is 0.233 e. The van der Waals surface area contributed by atoms with Crippen LogP contribution in [0.5, 0.6) is 0 Å². The van der Waals surface area contributed by atoms with E-state index in [9.17, 15) is 13.2 Å². The Morgan fingerprint density at radius 2 is 1.76 bits per heavy atom. The first-order chi connectivity index (χ1) is 12.1. The summed E-state index contributed by atoms with van der Waals surface area (Å²) in [4.78, 5) is 14.9. The zero-order valence-electron chi connectivity index (χ0n) is 14.6. The van der Waals surface area contributed by atoms with E-state index >= 15 is 0 Å². The zero-order chi connectivity index (χ0) is 17.7. The van der Waals surface area contributed by atoms with Gasteiger partial charge in [-0.1, -0.05) is 49.6 Å². The highest BCUT2D eigenvalue weighted by Gasteiger charge is 2.38. The summed E-state index contributed by atoms with van der Waals surface area (Å²) >= 11 is 1.62. The van der Waals surface area contributed by atoms with E-state index in [1.165, 1.54) is 12.0 Å². The number of carbonyl (C=O) groups is 1. The van der Waals surface area contributed by atoms with Crippen LogP contribution in [-0.2, 0) is 20.4 Å². The third kappa shape index (κ3) is 5.23. The molecule has 1 aliphatic carbocycles. The normalized spacial score (nSPS) is 23.4. The molecule has 2 aliphatic rings. The van der Waals surface area contributed by atoms with E-state index in [-0.39, 0.29) is 29.5 Å². The van der Waals surface area contributed by atoms with Gasteiger partial charge in [-0.2, -0.15) is 0 Å². The lowest BCUT2D eigenvalue weighted by Crippen LogP contribution is -2.49. The predicted octanol–water partition coefficient (Wildman–Crippen LogP) is 3.27. The summed E-state index contributed by atoms with van der Waals surface area (Å²) in [5.74, 6) is 1.75. The van der Waals surface area contributed by atoms with E-state index < -0.39 is 9.84 Å². The van der Waals surface area contributed by atoms with Gasteiger partial charge < -0.3 is 4.90 Å². The van der Waals surface area contributed by atoms with Crippen LogP contribution in [0.15, 0.2) is 30.3 Å². The van der Waals surface area contributed by atoms with E-state index in [1.54, 1.807) is 11.8 Å². The summed E-state index contributed by atoms with van der Waals surface area (Å²) in [6.45, 7) is 0. The van der Waals surface area contributed by atoms with Gasteiger partial charge in [0.15, 0.2) is 9.84 Å². The van der Waals surface area contributed by atoms with Crippen molar-refractivity contribution in [3.8, 4) is 0 Å². The van der Waals surface area contributed by atoms with Gasteiger partial charge >= 0.3 is 0 Å². The SMILES string of the molecule is O=C(CSCc1ccccc1)N(C1CCCCC1)C1CCS(=O)(=O)C1. The molecule has 1 saturated carbocycles. The number of amides is 1. The summed E-state index contributed by atoms with van der Waals surface area (Å²) in [6, 6.07) is 10.3. The minimum absolute atomic E-state index is 0.113. The summed E-state index contributed by atoms with van der Waals surface area (Å²) < 4.78 is 23.8. The average Bonchev–Trinajstić information content (AvgIpc) is 2.96. The minimum atomic E-state index is -2.98. The van der Waals surface area contributed by atoms with Crippen molar-refractivity contribution in [2.45, 2.75) is 56.4 Å². The molecule has 0 radical (unpaired) electrons. The van der Waals surface area contributed by atoms with Crippen LogP contribution in [0.3, 0.4) is 0 Å². The molecule has 1 amide bonds. The molecule has 1 aromatic carbocycles. The van der Waals surface area contributed by atoms with Gasteiger partial charge in [-0.3, -0.25) is 4.79 Å². The fraction of sp³-hybridized carbons (Fsp3) is 0.632. The molecule has 1 heterocycles. The van der Waals surface area contributed by atoms with Crippen molar-refractivity contribution < 1.29 is 13.2 Å². The van der Waals surface area contributed by atoms with Crippen molar-refractivity contribution in [3.63, 3.8) is 0 Å². The number of hydrogen-bond acceptors (Lipinski definition) is 4. The maximum atomic E-state index is 12.9. The monoisotopic (exact) mass is 381 g/mol. The molecule has 138 valence electrons. The molecule has 1 unspecified atom stereocenters. The van der Waals surface area contributed by atoms with E-state index in [0.29, 0.717) is 12.2 Å². The van der Waals surface area contributed by atoms with Gasteiger partial charge in [0, 0.05) is 17.8 Å². The largest absolute Gasteiger partial charge is 0.335 e. The Morgan fingerprint density at radius 1 is 1.04 bits per heavy atom. The zero-order valence-corrected chi connectivity index (χ0v) is 16.2. The first-order valence-electron chi connectivity index (χ1n) is 9.18. The number of benzene rings is 1. The van der Waals surface area contributed by atoms with Crippen molar-refractivity contribution in [3.05, 3.63) is 35.9 Å². The van der Waals surface area contributed by atoms with Crippen LogP contribution in [0.2, 0.25) is 0 Å². The van der Waals surface area contributed by atoms with Gasteiger partial charge in [0.2, 0.25) is 5.91 Å².